The molecule has 0 spiro atoms. The van der Waals surface area contributed by atoms with Gasteiger partial charge in [-0.15, -0.1) is 0 Å². The van der Waals surface area contributed by atoms with Crippen molar-refractivity contribution in [1.82, 2.24) is 9.97 Å². The van der Waals surface area contributed by atoms with Crippen LogP contribution < -0.4 is 10.5 Å². The second-order valence-corrected chi connectivity index (χ2v) is 4.73. The van der Waals surface area contributed by atoms with Crippen LogP contribution in [-0.2, 0) is 6.42 Å². The molecular formula is C15H19N3O. The van der Waals surface area contributed by atoms with Crippen LogP contribution in [0.3, 0.4) is 0 Å². The summed E-state index contributed by atoms with van der Waals surface area (Å²) in [5, 5.41) is 0. The lowest BCUT2D eigenvalue weighted by Gasteiger charge is -2.10. The predicted molar refractivity (Wildman–Crippen MR) is 76.4 cm³/mol. The third kappa shape index (κ3) is 3.44. The zero-order chi connectivity index (χ0) is 13.8. The molecule has 2 rings (SSSR count). The molecule has 1 heterocycles. The van der Waals surface area contributed by atoms with Gasteiger partial charge in [0, 0.05) is 12.5 Å². The Morgan fingerprint density at radius 3 is 2.68 bits per heavy atom. The second kappa shape index (κ2) is 5.69. The van der Waals surface area contributed by atoms with Crippen molar-refractivity contribution < 1.29 is 4.74 Å². The Morgan fingerprint density at radius 1 is 1.21 bits per heavy atom. The van der Waals surface area contributed by atoms with Gasteiger partial charge in [-0.3, -0.25) is 0 Å². The van der Waals surface area contributed by atoms with E-state index in [4.69, 9.17) is 10.5 Å². The number of nitrogens with zero attached hydrogens (tertiary/aromatic N) is 2. The van der Waals surface area contributed by atoms with Gasteiger partial charge in [0.25, 0.3) is 0 Å². The maximum atomic E-state index is 5.76. The van der Waals surface area contributed by atoms with E-state index in [0.29, 0.717) is 23.4 Å². The fourth-order valence-electron chi connectivity index (χ4n) is 1.76. The number of aryl methyl sites for hydroxylation is 1. The summed E-state index contributed by atoms with van der Waals surface area (Å²) in [6.07, 6.45) is 0.730. The van der Waals surface area contributed by atoms with Crippen molar-refractivity contribution in [3.63, 3.8) is 0 Å². The van der Waals surface area contributed by atoms with Gasteiger partial charge in [-0.2, -0.15) is 4.98 Å². The van der Waals surface area contributed by atoms with E-state index in [1.165, 1.54) is 5.56 Å². The summed E-state index contributed by atoms with van der Waals surface area (Å²) in [5.41, 5.74) is 6.97. The third-order valence-electron chi connectivity index (χ3n) is 2.83. The van der Waals surface area contributed by atoms with Crippen LogP contribution in [0.25, 0.3) is 0 Å². The average molecular weight is 257 g/mol. The lowest BCUT2D eigenvalue weighted by atomic mass is 10.0. The first-order chi connectivity index (χ1) is 9.08. The minimum absolute atomic E-state index is 0.432. The number of benzene rings is 1. The molecule has 1 aromatic heterocycles. The van der Waals surface area contributed by atoms with Crippen LogP contribution in [0, 0.1) is 0 Å². The van der Waals surface area contributed by atoms with E-state index in [1.807, 2.05) is 25.1 Å². The zero-order valence-electron chi connectivity index (χ0n) is 11.6. The Kier molecular flexibility index (Phi) is 4.00. The summed E-state index contributed by atoms with van der Waals surface area (Å²) in [5.74, 6) is 2.85. The van der Waals surface area contributed by atoms with Gasteiger partial charge in [0.05, 0.1) is 0 Å². The number of aromatic nitrogens is 2. The normalized spacial score (nSPS) is 10.7. The Hall–Kier alpha value is -2.10. The molecular weight excluding hydrogens is 238 g/mol. The van der Waals surface area contributed by atoms with E-state index in [2.05, 4.69) is 29.9 Å². The monoisotopic (exact) mass is 257 g/mol. The first-order valence-electron chi connectivity index (χ1n) is 6.49. The van der Waals surface area contributed by atoms with Crippen LogP contribution in [0.5, 0.6) is 11.6 Å². The smallest absolute Gasteiger partial charge is 0.224 e. The summed E-state index contributed by atoms with van der Waals surface area (Å²) >= 11 is 0. The van der Waals surface area contributed by atoms with Gasteiger partial charge in [0.2, 0.25) is 5.88 Å². The van der Waals surface area contributed by atoms with Gasteiger partial charge < -0.3 is 10.5 Å². The maximum absolute atomic E-state index is 5.76. The average Bonchev–Trinajstić information content (AvgIpc) is 2.38. The van der Waals surface area contributed by atoms with E-state index in [9.17, 15) is 0 Å². The van der Waals surface area contributed by atoms with Crippen molar-refractivity contribution >= 4 is 5.82 Å². The Bertz CT molecular complexity index is 567. The lowest BCUT2D eigenvalue weighted by Crippen LogP contribution is -2.00. The molecule has 0 aliphatic rings. The van der Waals surface area contributed by atoms with Gasteiger partial charge in [0.1, 0.15) is 17.4 Å². The fraction of sp³-hybridized carbons (Fsp3) is 0.333. The topological polar surface area (TPSA) is 61.0 Å². The summed E-state index contributed by atoms with van der Waals surface area (Å²) in [7, 11) is 0. The Labute approximate surface area is 113 Å². The van der Waals surface area contributed by atoms with E-state index in [1.54, 1.807) is 6.07 Å². The van der Waals surface area contributed by atoms with Crippen LogP contribution in [-0.4, -0.2) is 9.97 Å². The molecule has 1 aromatic carbocycles. The molecule has 4 nitrogen and oxygen atoms in total. The van der Waals surface area contributed by atoms with Crippen molar-refractivity contribution in [3.8, 4) is 11.6 Å². The summed E-state index contributed by atoms with van der Waals surface area (Å²) in [6.45, 7) is 6.28. The van der Waals surface area contributed by atoms with E-state index >= 15 is 0 Å². The van der Waals surface area contributed by atoms with Crippen molar-refractivity contribution in [3.05, 3.63) is 41.7 Å². The first-order valence-corrected chi connectivity index (χ1v) is 6.49. The highest BCUT2D eigenvalue weighted by Crippen LogP contribution is 2.24. The van der Waals surface area contributed by atoms with E-state index in [0.717, 1.165) is 12.2 Å². The lowest BCUT2D eigenvalue weighted by molar-refractivity contribution is 0.458. The Balaban J connectivity index is 2.25. The molecule has 0 aliphatic carbocycles. The molecule has 0 unspecified atom stereocenters. The molecule has 100 valence electrons. The number of hydrogen-bond acceptors (Lipinski definition) is 4. The van der Waals surface area contributed by atoms with Gasteiger partial charge in [0.15, 0.2) is 0 Å². The van der Waals surface area contributed by atoms with Gasteiger partial charge in [-0.25, -0.2) is 4.98 Å². The van der Waals surface area contributed by atoms with Crippen LogP contribution in [0.15, 0.2) is 30.3 Å². The number of anilines is 1. The van der Waals surface area contributed by atoms with Crippen LogP contribution >= 0.6 is 0 Å². The number of ether oxygens (including phenoxy) is 1. The van der Waals surface area contributed by atoms with Crippen molar-refractivity contribution in [2.75, 3.05) is 5.73 Å². The molecule has 2 N–H and O–H groups in total. The molecule has 0 saturated carbocycles. The molecule has 0 atom stereocenters. The molecule has 4 heteroatoms. The van der Waals surface area contributed by atoms with Crippen LogP contribution in [0.2, 0.25) is 0 Å². The Morgan fingerprint density at radius 2 is 2.00 bits per heavy atom. The number of rotatable bonds is 4. The first kappa shape index (κ1) is 13.3. The summed E-state index contributed by atoms with van der Waals surface area (Å²) in [4.78, 5) is 8.43. The predicted octanol–water partition coefficient (Wildman–Crippen LogP) is 3.54. The largest absolute Gasteiger partial charge is 0.439 e. The number of hydrogen-bond donors (Lipinski definition) is 1. The minimum Gasteiger partial charge on any atom is -0.439 e. The zero-order valence-corrected chi connectivity index (χ0v) is 11.6. The van der Waals surface area contributed by atoms with Gasteiger partial charge >= 0.3 is 0 Å². The molecule has 19 heavy (non-hydrogen) atoms. The molecule has 0 saturated heterocycles. The van der Waals surface area contributed by atoms with Gasteiger partial charge in [-0.05, 0) is 23.6 Å². The molecule has 0 radical (unpaired) electrons. The van der Waals surface area contributed by atoms with Crippen LogP contribution in [0.4, 0.5) is 5.82 Å². The molecule has 0 aliphatic heterocycles. The summed E-state index contributed by atoms with van der Waals surface area (Å²) in [6, 6.07) is 9.64. The highest BCUT2D eigenvalue weighted by molar-refractivity contribution is 5.37. The highest BCUT2D eigenvalue weighted by atomic mass is 16.5. The van der Waals surface area contributed by atoms with Crippen LogP contribution in [0.1, 0.15) is 38.1 Å². The number of nitrogens with two attached hydrogens (primary N) is 1. The molecule has 0 amide bonds. The second-order valence-electron chi connectivity index (χ2n) is 4.73. The fourth-order valence-corrected chi connectivity index (χ4v) is 1.76. The standard InChI is InChI=1S/C15H19N3O/c1-4-14-17-13(16)9-15(18-14)19-12-7-5-6-11(8-12)10(2)3/h5-10H,4H2,1-3H3,(H2,16,17,18). The maximum Gasteiger partial charge on any atom is 0.224 e. The van der Waals surface area contributed by atoms with Crippen molar-refractivity contribution in [2.45, 2.75) is 33.1 Å². The molecule has 0 bridgehead atoms. The highest BCUT2D eigenvalue weighted by Gasteiger charge is 2.05. The van der Waals surface area contributed by atoms with Crippen molar-refractivity contribution in [2.24, 2.45) is 0 Å². The van der Waals surface area contributed by atoms with Crippen molar-refractivity contribution in [1.29, 1.82) is 0 Å². The molecule has 0 fully saturated rings. The number of nitrogen functional groups attached to an aromatic ring is 1. The SMILES string of the molecule is CCc1nc(N)cc(Oc2cccc(C(C)C)c2)n1. The van der Waals surface area contributed by atoms with E-state index in [-0.39, 0.29) is 0 Å². The summed E-state index contributed by atoms with van der Waals surface area (Å²) < 4.78 is 5.76. The molecule has 2 aromatic rings. The van der Waals surface area contributed by atoms with Gasteiger partial charge in [-0.1, -0.05) is 32.9 Å². The quantitative estimate of drug-likeness (QED) is 0.910. The third-order valence-corrected chi connectivity index (χ3v) is 2.83. The minimum atomic E-state index is 0.432. The van der Waals surface area contributed by atoms with E-state index < -0.39 is 0 Å².